The fourth-order valence-electron chi connectivity index (χ4n) is 3.06. The summed E-state index contributed by atoms with van der Waals surface area (Å²) in [5.41, 5.74) is 6.84. The van der Waals surface area contributed by atoms with Gasteiger partial charge >= 0.3 is 0 Å². The van der Waals surface area contributed by atoms with Gasteiger partial charge in [0.15, 0.2) is 0 Å². The van der Waals surface area contributed by atoms with Gasteiger partial charge in [-0.3, -0.25) is 0 Å². The predicted molar refractivity (Wildman–Crippen MR) is 120 cm³/mol. The molecule has 4 nitrogen and oxygen atoms in total. The largest absolute Gasteiger partial charge is 0.391 e. The minimum atomic E-state index is 0.121. The Morgan fingerprint density at radius 2 is 2.04 bits per heavy atom. The lowest BCUT2D eigenvalue weighted by molar-refractivity contribution is 0.103. The molecule has 148 valence electrons. The third-order valence-electron chi connectivity index (χ3n) is 4.90. The van der Waals surface area contributed by atoms with Crippen LogP contribution in [0.15, 0.2) is 51.4 Å². The van der Waals surface area contributed by atoms with E-state index in [-0.39, 0.29) is 6.10 Å². The summed E-state index contributed by atoms with van der Waals surface area (Å²) < 4.78 is 0. The monoisotopic (exact) mass is 395 g/mol. The van der Waals surface area contributed by atoms with Crippen molar-refractivity contribution < 1.29 is 4.84 Å². The topological polar surface area (TPSA) is 37.2 Å². The van der Waals surface area contributed by atoms with Crippen molar-refractivity contribution in [2.75, 3.05) is 19.3 Å². The second-order valence-electron chi connectivity index (χ2n) is 7.37. The van der Waals surface area contributed by atoms with Gasteiger partial charge in [-0.15, -0.1) is 11.8 Å². The first-order valence-corrected chi connectivity index (χ1v) is 10.7. The van der Waals surface area contributed by atoms with Gasteiger partial charge in [-0.2, -0.15) is 0 Å². The molecule has 1 aliphatic heterocycles. The lowest BCUT2D eigenvalue weighted by Gasteiger charge is -2.12. The van der Waals surface area contributed by atoms with E-state index in [0.717, 1.165) is 35.7 Å². The molecule has 1 aliphatic rings. The second-order valence-corrected chi connectivity index (χ2v) is 8.46. The van der Waals surface area contributed by atoms with Crippen LogP contribution in [0.3, 0.4) is 0 Å². The number of aliphatic imine (C=N–C) groups is 1. The van der Waals surface area contributed by atoms with Crippen LogP contribution in [0.4, 0.5) is 5.69 Å². The minimum Gasteiger partial charge on any atom is -0.391 e. The first-order chi connectivity index (χ1) is 13.5. The molecule has 0 saturated heterocycles. The number of hydrogen-bond donors (Lipinski definition) is 0. The highest BCUT2D eigenvalue weighted by molar-refractivity contribution is 7.99. The second kappa shape index (κ2) is 9.28. The van der Waals surface area contributed by atoms with E-state index < -0.39 is 0 Å². The highest BCUT2D eigenvalue weighted by atomic mass is 32.2. The van der Waals surface area contributed by atoms with Crippen molar-refractivity contribution in [3.8, 4) is 0 Å². The molecular weight excluding hydrogens is 366 g/mol. The van der Waals surface area contributed by atoms with Gasteiger partial charge in [-0.25, -0.2) is 4.99 Å². The molecule has 5 heteroatoms. The molecule has 0 amide bonds. The van der Waals surface area contributed by atoms with Gasteiger partial charge in [0.1, 0.15) is 6.10 Å². The van der Waals surface area contributed by atoms with Gasteiger partial charge in [0.25, 0.3) is 0 Å². The molecule has 28 heavy (non-hydrogen) atoms. The van der Waals surface area contributed by atoms with Crippen molar-refractivity contribution in [2.45, 2.75) is 45.1 Å². The number of oxime groups is 1. The van der Waals surface area contributed by atoms with E-state index in [0.29, 0.717) is 0 Å². The fraction of sp³-hybridized carbons (Fsp3) is 0.391. The maximum Gasteiger partial charge on any atom is 0.142 e. The molecule has 2 aromatic rings. The Hall–Kier alpha value is -2.27. The highest BCUT2D eigenvalue weighted by Crippen LogP contribution is 2.29. The molecule has 0 bridgehead atoms. The van der Waals surface area contributed by atoms with Crippen LogP contribution < -0.4 is 0 Å². The van der Waals surface area contributed by atoms with Crippen LogP contribution in [0.2, 0.25) is 0 Å². The average molecular weight is 396 g/mol. The summed E-state index contributed by atoms with van der Waals surface area (Å²) in [7, 11) is 2.03. The van der Waals surface area contributed by atoms with Crippen LogP contribution in [0.25, 0.3) is 0 Å². The van der Waals surface area contributed by atoms with Crippen molar-refractivity contribution in [1.29, 1.82) is 0 Å². The van der Waals surface area contributed by atoms with Gasteiger partial charge in [0, 0.05) is 36.2 Å². The highest BCUT2D eigenvalue weighted by Gasteiger charge is 2.24. The number of thioether (sulfide) groups is 1. The van der Waals surface area contributed by atoms with E-state index in [9.17, 15) is 0 Å². The minimum absolute atomic E-state index is 0.121. The van der Waals surface area contributed by atoms with Crippen LogP contribution >= 0.6 is 11.8 Å². The Kier molecular flexibility index (Phi) is 6.79. The molecule has 0 radical (unpaired) electrons. The Balaban J connectivity index is 1.64. The standard InChI is InChI=1S/C23H29N3OS/c1-6-26(5)15-24-22-12-17(3)21(11-18(22)4)23-13-19(27-25-23)14-28-20-9-7-8-16(2)10-20/h7-12,15,19H,6,13-14H2,1-5H3. The summed E-state index contributed by atoms with van der Waals surface area (Å²) in [6.45, 7) is 9.39. The maximum atomic E-state index is 5.72. The van der Waals surface area contributed by atoms with Gasteiger partial charge in [-0.05, 0) is 63.1 Å². The number of rotatable bonds is 7. The Bertz CT molecular complexity index is 891. The Morgan fingerprint density at radius 1 is 1.21 bits per heavy atom. The lowest BCUT2D eigenvalue weighted by Crippen LogP contribution is -2.14. The van der Waals surface area contributed by atoms with E-state index in [1.165, 1.54) is 21.6 Å². The van der Waals surface area contributed by atoms with Crippen molar-refractivity contribution in [3.63, 3.8) is 0 Å². The maximum absolute atomic E-state index is 5.72. The van der Waals surface area contributed by atoms with E-state index >= 15 is 0 Å². The van der Waals surface area contributed by atoms with Crippen molar-refractivity contribution in [2.24, 2.45) is 10.1 Å². The summed E-state index contributed by atoms with van der Waals surface area (Å²) in [5, 5.41) is 4.39. The SMILES string of the molecule is CCN(C)C=Nc1cc(C)c(C2=NOC(CSc3cccc(C)c3)C2)cc1C. The third-order valence-corrected chi connectivity index (χ3v) is 6.03. The zero-order valence-corrected chi connectivity index (χ0v) is 18.2. The van der Waals surface area contributed by atoms with E-state index in [1.54, 1.807) is 0 Å². The van der Waals surface area contributed by atoms with Crippen molar-refractivity contribution in [1.82, 2.24) is 4.90 Å². The molecule has 1 unspecified atom stereocenters. The normalized spacial score (nSPS) is 16.3. The van der Waals surface area contributed by atoms with Crippen LogP contribution in [0.1, 0.15) is 35.6 Å². The smallest absolute Gasteiger partial charge is 0.142 e. The van der Waals surface area contributed by atoms with Gasteiger partial charge in [0.2, 0.25) is 0 Å². The zero-order chi connectivity index (χ0) is 20.1. The lowest BCUT2D eigenvalue weighted by atomic mass is 9.97. The van der Waals surface area contributed by atoms with Crippen molar-refractivity contribution in [3.05, 3.63) is 58.7 Å². The van der Waals surface area contributed by atoms with E-state index in [4.69, 9.17) is 4.84 Å². The van der Waals surface area contributed by atoms with Gasteiger partial charge in [0.05, 0.1) is 17.7 Å². The van der Waals surface area contributed by atoms with E-state index in [2.05, 4.69) is 79.1 Å². The quantitative estimate of drug-likeness (QED) is 0.352. The average Bonchev–Trinajstić information content (AvgIpc) is 3.15. The molecule has 0 aliphatic carbocycles. The predicted octanol–water partition coefficient (Wildman–Crippen LogP) is 5.51. The molecule has 1 heterocycles. The number of hydrogen-bond acceptors (Lipinski definition) is 4. The number of benzene rings is 2. The van der Waals surface area contributed by atoms with Gasteiger partial charge < -0.3 is 9.74 Å². The van der Waals surface area contributed by atoms with Crippen molar-refractivity contribution >= 4 is 29.5 Å². The molecular formula is C23H29N3OS. The fourth-order valence-corrected chi connectivity index (χ4v) is 4.07. The first-order valence-electron chi connectivity index (χ1n) is 9.74. The first kappa shape index (κ1) is 20.5. The van der Waals surface area contributed by atoms with Crippen LogP contribution in [0.5, 0.6) is 0 Å². The van der Waals surface area contributed by atoms with Crippen LogP contribution in [-0.4, -0.2) is 42.4 Å². The van der Waals surface area contributed by atoms with Crippen LogP contribution in [-0.2, 0) is 4.84 Å². The molecule has 0 N–H and O–H groups in total. The summed E-state index contributed by atoms with van der Waals surface area (Å²) in [6.07, 6.45) is 2.85. The number of aryl methyl sites for hydroxylation is 3. The summed E-state index contributed by atoms with van der Waals surface area (Å²) in [6, 6.07) is 12.9. The Morgan fingerprint density at radius 3 is 2.79 bits per heavy atom. The molecule has 3 rings (SSSR count). The summed E-state index contributed by atoms with van der Waals surface area (Å²) in [4.78, 5) is 13.7. The molecule has 0 spiro atoms. The molecule has 1 atom stereocenters. The molecule has 0 aromatic heterocycles. The van der Waals surface area contributed by atoms with Gasteiger partial charge in [-0.1, -0.05) is 22.9 Å². The number of nitrogens with zero attached hydrogens (tertiary/aromatic N) is 3. The molecule has 2 aromatic carbocycles. The molecule has 0 fully saturated rings. The molecule has 0 saturated carbocycles. The van der Waals surface area contributed by atoms with E-state index in [1.807, 2.05) is 25.1 Å². The zero-order valence-electron chi connectivity index (χ0n) is 17.4. The Labute approximate surface area is 172 Å². The summed E-state index contributed by atoms with van der Waals surface area (Å²) in [5.74, 6) is 0.903. The van der Waals surface area contributed by atoms with Crippen LogP contribution in [0, 0.1) is 20.8 Å². The third kappa shape index (κ3) is 5.16. The summed E-state index contributed by atoms with van der Waals surface area (Å²) >= 11 is 1.83.